The highest BCUT2D eigenvalue weighted by molar-refractivity contribution is 5.51. The lowest BCUT2D eigenvalue weighted by atomic mass is 9.97. The van der Waals surface area contributed by atoms with Crippen LogP contribution in [-0.2, 0) is 0 Å². The van der Waals surface area contributed by atoms with Crippen molar-refractivity contribution in [3.63, 3.8) is 0 Å². The van der Waals surface area contributed by atoms with Crippen LogP contribution in [0.2, 0.25) is 0 Å². The molecule has 1 atom stereocenters. The van der Waals surface area contributed by atoms with Crippen LogP contribution in [-0.4, -0.2) is 0 Å². The zero-order chi connectivity index (χ0) is 9.84. The summed E-state index contributed by atoms with van der Waals surface area (Å²) in [6, 6.07) is 6.17. The van der Waals surface area contributed by atoms with Crippen LogP contribution in [0.1, 0.15) is 30.9 Å². The van der Waals surface area contributed by atoms with E-state index in [2.05, 4.69) is 32.1 Å². The Morgan fingerprint density at radius 1 is 1.38 bits per heavy atom. The molecular weight excluding hydrogens is 158 g/mol. The summed E-state index contributed by atoms with van der Waals surface area (Å²) in [5.74, 6) is 0.407. The molecule has 1 aromatic rings. The number of nitrogen functional groups attached to an aromatic ring is 1. The molecular formula is C12H17N. The summed E-state index contributed by atoms with van der Waals surface area (Å²) in [7, 11) is 0. The molecule has 70 valence electrons. The highest BCUT2D eigenvalue weighted by Crippen LogP contribution is 2.24. The first-order valence-corrected chi connectivity index (χ1v) is 4.64. The topological polar surface area (TPSA) is 26.0 Å². The zero-order valence-corrected chi connectivity index (χ0v) is 8.54. The number of anilines is 1. The van der Waals surface area contributed by atoms with Gasteiger partial charge in [-0.15, -0.1) is 0 Å². The Morgan fingerprint density at radius 3 is 2.69 bits per heavy atom. The Bertz CT molecular complexity index is 313. The summed E-state index contributed by atoms with van der Waals surface area (Å²) < 4.78 is 0. The van der Waals surface area contributed by atoms with Crippen molar-refractivity contribution < 1.29 is 0 Å². The van der Waals surface area contributed by atoms with Gasteiger partial charge in [0.05, 0.1) is 0 Å². The Morgan fingerprint density at radius 2 is 2.08 bits per heavy atom. The number of hydrogen-bond donors (Lipinski definition) is 1. The predicted molar refractivity (Wildman–Crippen MR) is 58.8 cm³/mol. The van der Waals surface area contributed by atoms with Gasteiger partial charge in [0.1, 0.15) is 0 Å². The maximum Gasteiger partial charge on any atom is 0.0352 e. The van der Waals surface area contributed by atoms with Crippen molar-refractivity contribution in [3.05, 3.63) is 41.5 Å². The first kappa shape index (κ1) is 9.85. The molecule has 13 heavy (non-hydrogen) atoms. The van der Waals surface area contributed by atoms with Crippen LogP contribution in [0.15, 0.2) is 30.4 Å². The number of nitrogens with two attached hydrogens (primary N) is 1. The molecule has 2 N–H and O–H groups in total. The largest absolute Gasteiger partial charge is 0.398 e. The normalized spacial score (nSPS) is 13.5. The predicted octanol–water partition coefficient (Wildman–Crippen LogP) is 3.26. The van der Waals surface area contributed by atoms with Gasteiger partial charge in [0.25, 0.3) is 0 Å². The first-order chi connectivity index (χ1) is 6.15. The van der Waals surface area contributed by atoms with Gasteiger partial charge in [0.15, 0.2) is 0 Å². The number of rotatable bonds is 2. The third-order valence-electron chi connectivity index (χ3n) is 2.21. The molecule has 0 unspecified atom stereocenters. The smallest absolute Gasteiger partial charge is 0.0352 e. The number of benzene rings is 1. The molecule has 1 rings (SSSR count). The lowest BCUT2D eigenvalue weighted by molar-refractivity contribution is 0.966. The van der Waals surface area contributed by atoms with E-state index < -0.39 is 0 Å². The zero-order valence-electron chi connectivity index (χ0n) is 8.54. The molecule has 1 aromatic carbocycles. The Balaban J connectivity index is 3.05. The van der Waals surface area contributed by atoms with E-state index in [1.54, 1.807) is 0 Å². The van der Waals surface area contributed by atoms with Crippen LogP contribution in [0.25, 0.3) is 0 Å². The molecule has 0 bridgehead atoms. The van der Waals surface area contributed by atoms with Crippen LogP contribution in [0.5, 0.6) is 0 Å². The van der Waals surface area contributed by atoms with Gasteiger partial charge in [-0.1, -0.05) is 36.8 Å². The summed E-state index contributed by atoms with van der Waals surface area (Å²) in [5, 5.41) is 0. The highest BCUT2D eigenvalue weighted by Gasteiger charge is 2.04. The molecule has 0 radical (unpaired) electrons. The second-order valence-electron chi connectivity index (χ2n) is 3.45. The van der Waals surface area contributed by atoms with E-state index in [1.807, 2.05) is 19.1 Å². The standard InChI is InChI=1S/C12H17N/c1-4-5-10(3)11-8-9(2)6-7-12(11)13/h4-8,10H,13H2,1-3H3/b5-4+/t10-/m0/s1. The van der Waals surface area contributed by atoms with Gasteiger partial charge >= 0.3 is 0 Å². The minimum absolute atomic E-state index is 0.407. The molecule has 0 aliphatic rings. The third kappa shape index (κ3) is 2.35. The fraction of sp³-hybridized carbons (Fsp3) is 0.333. The van der Waals surface area contributed by atoms with Gasteiger partial charge in [-0.2, -0.15) is 0 Å². The molecule has 0 spiro atoms. The third-order valence-corrected chi connectivity index (χ3v) is 2.21. The van der Waals surface area contributed by atoms with Crippen molar-refractivity contribution in [1.29, 1.82) is 0 Å². The average molecular weight is 175 g/mol. The molecule has 1 heteroatoms. The van der Waals surface area contributed by atoms with Gasteiger partial charge in [0, 0.05) is 11.6 Å². The average Bonchev–Trinajstić information content (AvgIpc) is 2.09. The number of aryl methyl sites for hydroxylation is 1. The molecule has 0 saturated heterocycles. The Hall–Kier alpha value is -1.24. The van der Waals surface area contributed by atoms with Crippen molar-refractivity contribution in [2.75, 3.05) is 5.73 Å². The van der Waals surface area contributed by atoms with Gasteiger partial charge < -0.3 is 5.73 Å². The van der Waals surface area contributed by atoms with Crippen LogP contribution >= 0.6 is 0 Å². The maximum atomic E-state index is 5.89. The van der Waals surface area contributed by atoms with Gasteiger partial charge in [-0.25, -0.2) is 0 Å². The summed E-state index contributed by atoms with van der Waals surface area (Å²) in [5.41, 5.74) is 9.26. The molecule has 0 heterocycles. The molecule has 0 saturated carbocycles. The summed E-state index contributed by atoms with van der Waals surface area (Å²) in [6.07, 6.45) is 4.22. The van der Waals surface area contributed by atoms with Crippen molar-refractivity contribution in [1.82, 2.24) is 0 Å². The van der Waals surface area contributed by atoms with E-state index in [-0.39, 0.29) is 0 Å². The second-order valence-corrected chi connectivity index (χ2v) is 3.45. The van der Waals surface area contributed by atoms with Crippen LogP contribution in [0.3, 0.4) is 0 Å². The first-order valence-electron chi connectivity index (χ1n) is 4.64. The minimum atomic E-state index is 0.407. The Labute approximate surface area is 80.3 Å². The van der Waals surface area contributed by atoms with Gasteiger partial charge in [-0.05, 0) is 25.5 Å². The minimum Gasteiger partial charge on any atom is -0.398 e. The van der Waals surface area contributed by atoms with Crippen LogP contribution < -0.4 is 5.73 Å². The monoisotopic (exact) mass is 175 g/mol. The lowest BCUT2D eigenvalue weighted by Crippen LogP contribution is -1.97. The van der Waals surface area contributed by atoms with Gasteiger partial charge in [-0.3, -0.25) is 0 Å². The van der Waals surface area contributed by atoms with E-state index in [4.69, 9.17) is 5.73 Å². The summed E-state index contributed by atoms with van der Waals surface area (Å²) in [4.78, 5) is 0. The van der Waals surface area contributed by atoms with Crippen molar-refractivity contribution >= 4 is 5.69 Å². The Kier molecular flexibility index (Phi) is 3.13. The SMILES string of the molecule is C/C=C/[C@H](C)c1cc(C)ccc1N. The van der Waals surface area contributed by atoms with Crippen LogP contribution in [0, 0.1) is 6.92 Å². The van der Waals surface area contributed by atoms with E-state index >= 15 is 0 Å². The van der Waals surface area contributed by atoms with Gasteiger partial charge in [0.2, 0.25) is 0 Å². The fourth-order valence-corrected chi connectivity index (χ4v) is 1.48. The van der Waals surface area contributed by atoms with E-state index in [0.717, 1.165) is 5.69 Å². The summed E-state index contributed by atoms with van der Waals surface area (Å²) in [6.45, 7) is 6.28. The molecule has 0 fully saturated rings. The number of hydrogen-bond acceptors (Lipinski definition) is 1. The second kappa shape index (κ2) is 4.13. The van der Waals surface area contributed by atoms with Crippen LogP contribution in [0.4, 0.5) is 5.69 Å². The van der Waals surface area contributed by atoms with E-state index in [0.29, 0.717) is 5.92 Å². The molecule has 0 aromatic heterocycles. The number of allylic oxidation sites excluding steroid dienone is 2. The molecule has 0 aliphatic heterocycles. The van der Waals surface area contributed by atoms with Crippen molar-refractivity contribution in [3.8, 4) is 0 Å². The highest BCUT2D eigenvalue weighted by atomic mass is 14.6. The molecule has 1 nitrogen and oxygen atoms in total. The molecule has 0 amide bonds. The summed E-state index contributed by atoms with van der Waals surface area (Å²) >= 11 is 0. The maximum absolute atomic E-state index is 5.89. The lowest BCUT2D eigenvalue weighted by Gasteiger charge is -2.10. The quantitative estimate of drug-likeness (QED) is 0.542. The van der Waals surface area contributed by atoms with E-state index in [9.17, 15) is 0 Å². The fourth-order valence-electron chi connectivity index (χ4n) is 1.48. The van der Waals surface area contributed by atoms with E-state index in [1.165, 1.54) is 11.1 Å². The van der Waals surface area contributed by atoms with Crippen molar-refractivity contribution in [2.45, 2.75) is 26.7 Å². The van der Waals surface area contributed by atoms with Crippen molar-refractivity contribution in [2.24, 2.45) is 0 Å². The molecule has 0 aliphatic carbocycles.